The number of carbonyl (C=O) groups excluding carboxylic acids is 2. The summed E-state index contributed by atoms with van der Waals surface area (Å²) in [6.07, 6.45) is 3.32. The Morgan fingerprint density at radius 1 is 1.12 bits per heavy atom. The van der Waals surface area contributed by atoms with E-state index in [-0.39, 0.29) is 33.4 Å². The summed E-state index contributed by atoms with van der Waals surface area (Å²) < 4.78 is 29.3. The zero-order valence-corrected chi connectivity index (χ0v) is 24.3. The van der Waals surface area contributed by atoms with E-state index in [0.29, 0.717) is 35.7 Å². The second-order valence-electron chi connectivity index (χ2n) is 12.7. The number of halogens is 4. The number of amides is 2. The second kappa shape index (κ2) is 10.9. The topological polar surface area (TPSA) is 90.5 Å². The minimum Gasteiger partial charge on any atom is -0.393 e. The van der Waals surface area contributed by atoms with Gasteiger partial charge in [0.2, 0.25) is 11.8 Å². The third-order valence-corrected chi connectivity index (χ3v) is 9.23. The van der Waals surface area contributed by atoms with E-state index in [0.717, 1.165) is 25.7 Å². The van der Waals surface area contributed by atoms with Crippen LogP contribution in [0.5, 0.6) is 0 Å². The molecule has 10 heteroatoms. The molecule has 6 atom stereocenters. The van der Waals surface area contributed by atoms with E-state index in [4.69, 9.17) is 23.2 Å². The van der Waals surface area contributed by atoms with Crippen LogP contribution in [-0.2, 0) is 15.0 Å². The monoisotopic (exact) mass is 593 g/mol. The zero-order valence-electron chi connectivity index (χ0n) is 22.8. The molecule has 1 saturated heterocycles. The number of fused-ring (bicyclic) bond motifs is 2. The van der Waals surface area contributed by atoms with Gasteiger partial charge in [-0.05, 0) is 78.8 Å². The second-order valence-corrected chi connectivity index (χ2v) is 13.5. The molecule has 0 radical (unpaired) electrons. The lowest BCUT2D eigenvalue weighted by Gasteiger charge is -2.37. The van der Waals surface area contributed by atoms with Crippen molar-refractivity contribution in [2.45, 2.75) is 82.4 Å². The van der Waals surface area contributed by atoms with Crippen LogP contribution >= 0.6 is 23.2 Å². The maximum absolute atomic E-state index is 15.0. The summed E-state index contributed by atoms with van der Waals surface area (Å²) in [5, 5.41) is 19.0. The highest BCUT2D eigenvalue weighted by atomic mass is 35.5. The first-order valence-corrected chi connectivity index (χ1v) is 14.5. The molecule has 2 aromatic rings. The van der Waals surface area contributed by atoms with Crippen molar-refractivity contribution in [1.82, 2.24) is 10.6 Å². The number of nitrogens with one attached hydrogen (secondary N) is 3. The van der Waals surface area contributed by atoms with Crippen LogP contribution in [0.15, 0.2) is 30.3 Å². The van der Waals surface area contributed by atoms with E-state index in [2.05, 4.69) is 16.0 Å². The summed E-state index contributed by atoms with van der Waals surface area (Å²) in [5.74, 6) is -2.48. The van der Waals surface area contributed by atoms with Gasteiger partial charge in [0.05, 0.1) is 22.2 Å². The average molecular weight is 595 g/mol. The van der Waals surface area contributed by atoms with E-state index in [1.54, 1.807) is 0 Å². The van der Waals surface area contributed by atoms with Gasteiger partial charge in [0.1, 0.15) is 17.0 Å². The standard InChI is InChI=1S/C30H35Cl2F2N3O3/c1-29(2,3)14-24-30(18-12-22(34)20(32)13-23(18)36-28(30)40)25(16-5-7-21(33)19(31)11-16)26(37-24)27(39)35-9-8-15-4-6-17(38)10-15/h5,7,11-13,15,17,24-26,37-38H,4,6,8-10,14H2,1-3H3,(H,35,39)(H,36,40). The van der Waals surface area contributed by atoms with Crippen LogP contribution in [0, 0.1) is 23.0 Å². The lowest BCUT2D eigenvalue weighted by atomic mass is 9.62. The lowest BCUT2D eigenvalue weighted by molar-refractivity contribution is -0.123. The lowest BCUT2D eigenvalue weighted by Crippen LogP contribution is -2.49. The van der Waals surface area contributed by atoms with Gasteiger partial charge in [0.25, 0.3) is 0 Å². The molecule has 2 fully saturated rings. The first-order chi connectivity index (χ1) is 18.8. The minimum atomic E-state index is -1.40. The fourth-order valence-electron chi connectivity index (χ4n) is 6.96. The van der Waals surface area contributed by atoms with Gasteiger partial charge in [-0.3, -0.25) is 9.59 Å². The first-order valence-electron chi connectivity index (χ1n) is 13.8. The number of hydrogen-bond donors (Lipinski definition) is 4. The van der Waals surface area contributed by atoms with Crippen molar-refractivity contribution < 1.29 is 23.5 Å². The molecular weight excluding hydrogens is 559 g/mol. The minimum absolute atomic E-state index is 0.123. The molecule has 1 saturated carbocycles. The van der Waals surface area contributed by atoms with Gasteiger partial charge in [-0.25, -0.2) is 8.78 Å². The van der Waals surface area contributed by atoms with Gasteiger partial charge < -0.3 is 21.1 Å². The SMILES string of the molecule is CC(C)(C)CC1NC(C(=O)NCCC2CCC(O)C2)C(c2ccc(F)c(Cl)c2)C12C(=O)Nc1cc(Cl)c(F)cc12. The molecule has 2 aromatic carbocycles. The molecule has 4 N–H and O–H groups in total. The van der Waals surface area contributed by atoms with Crippen molar-refractivity contribution >= 4 is 40.7 Å². The van der Waals surface area contributed by atoms with Gasteiger partial charge in [-0.15, -0.1) is 0 Å². The van der Waals surface area contributed by atoms with Crippen molar-refractivity contribution in [2.75, 3.05) is 11.9 Å². The summed E-state index contributed by atoms with van der Waals surface area (Å²) >= 11 is 12.3. The van der Waals surface area contributed by atoms with Crippen molar-refractivity contribution in [1.29, 1.82) is 0 Å². The van der Waals surface area contributed by atoms with Crippen molar-refractivity contribution in [2.24, 2.45) is 11.3 Å². The van der Waals surface area contributed by atoms with Crippen LogP contribution in [-0.4, -0.2) is 41.7 Å². The molecule has 2 amide bonds. The zero-order chi connectivity index (χ0) is 29.0. The van der Waals surface area contributed by atoms with E-state index < -0.39 is 35.1 Å². The Kier molecular flexibility index (Phi) is 7.94. The molecule has 0 aromatic heterocycles. The van der Waals surface area contributed by atoms with Gasteiger partial charge >= 0.3 is 0 Å². The highest BCUT2D eigenvalue weighted by molar-refractivity contribution is 6.31. The summed E-state index contributed by atoms with van der Waals surface area (Å²) in [7, 11) is 0. The summed E-state index contributed by atoms with van der Waals surface area (Å²) in [5.41, 5.74) is -0.379. The Balaban J connectivity index is 1.60. The third kappa shape index (κ3) is 5.24. The largest absolute Gasteiger partial charge is 0.393 e. The molecule has 216 valence electrons. The smallest absolute Gasteiger partial charge is 0.237 e. The van der Waals surface area contributed by atoms with Crippen molar-refractivity contribution in [3.63, 3.8) is 0 Å². The average Bonchev–Trinajstić information content (AvgIpc) is 3.51. The number of hydrogen-bond acceptors (Lipinski definition) is 4. The Morgan fingerprint density at radius 2 is 1.85 bits per heavy atom. The fraction of sp³-hybridized carbons (Fsp3) is 0.533. The summed E-state index contributed by atoms with van der Waals surface area (Å²) in [6, 6.07) is 5.41. The summed E-state index contributed by atoms with van der Waals surface area (Å²) in [4.78, 5) is 28.0. The number of rotatable bonds is 6. The molecular formula is C30H35Cl2F2N3O3. The van der Waals surface area contributed by atoms with Crippen LogP contribution in [0.2, 0.25) is 10.0 Å². The molecule has 3 aliphatic rings. The van der Waals surface area contributed by atoms with Gasteiger partial charge in [-0.1, -0.05) is 50.0 Å². The normalized spacial score (nSPS) is 29.6. The van der Waals surface area contributed by atoms with Crippen molar-refractivity contribution in [3.8, 4) is 0 Å². The van der Waals surface area contributed by atoms with Crippen molar-refractivity contribution in [3.05, 3.63) is 63.1 Å². The number of carbonyl (C=O) groups is 2. The molecule has 40 heavy (non-hydrogen) atoms. The summed E-state index contributed by atoms with van der Waals surface area (Å²) in [6.45, 7) is 6.51. The van der Waals surface area contributed by atoms with Gasteiger partial charge in [0, 0.05) is 24.2 Å². The van der Waals surface area contributed by atoms with Gasteiger partial charge in [-0.2, -0.15) is 0 Å². The maximum Gasteiger partial charge on any atom is 0.237 e. The van der Waals surface area contributed by atoms with Crippen LogP contribution < -0.4 is 16.0 Å². The molecule has 2 aliphatic heterocycles. The molecule has 6 nitrogen and oxygen atoms in total. The van der Waals surface area contributed by atoms with E-state index in [9.17, 15) is 23.5 Å². The molecule has 1 spiro atoms. The first kappa shape index (κ1) is 29.2. The Bertz CT molecular complexity index is 1330. The number of anilines is 1. The van der Waals surface area contributed by atoms with E-state index >= 15 is 0 Å². The molecule has 1 aliphatic carbocycles. The molecule has 6 unspecified atom stereocenters. The van der Waals surface area contributed by atoms with Crippen LogP contribution in [0.4, 0.5) is 14.5 Å². The third-order valence-electron chi connectivity index (χ3n) is 8.65. The highest BCUT2D eigenvalue weighted by Gasteiger charge is 2.66. The number of aliphatic hydroxyl groups excluding tert-OH is 1. The maximum atomic E-state index is 15.0. The number of aliphatic hydroxyl groups is 1. The van der Waals surface area contributed by atoms with E-state index in [1.807, 2.05) is 20.8 Å². The predicted molar refractivity (Wildman–Crippen MR) is 152 cm³/mol. The van der Waals surface area contributed by atoms with E-state index in [1.165, 1.54) is 30.3 Å². The van der Waals surface area contributed by atoms with Crippen LogP contribution in [0.1, 0.15) is 69.9 Å². The quantitative estimate of drug-likeness (QED) is 0.346. The Labute approximate surface area is 243 Å². The van der Waals surface area contributed by atoms with Crippen LogP contribution in [0.3, 0.4) is 0 Å². The Morgan fingerprint density at radius 3 is 2.50 bits per heavy atom. The fourth-order valence-corrected chi connectivity index (χ4v) is 7.31. The Hall–Kier alpha value is -2.26. The van der Waals surface area contributed by atoms with Gasteiger partial charge in [0.15, 0.2) is 0 Å². The molecule has 0 bridgehead atoms. The number of benzene rings is 2. The molecule has 5 rings (SSSR count). The molecule has 2 heterocycles. The highest BCUT2D eigenvalue weighted by Crippen LogP contribution is 2.57. The van der Waals surface area contributed by atoms with Crippen LogP contribution in [0.25, 0.3) is 0 Å². The predicted octanol–water partition coefficient (Wildman–Crippen LogP) is 5.69.